The van der Waals surface area contributed by atoms with Crippen LogP contribution in [0, 0.1) is 0 Å². The number of hydrogen-bond donors (Lipinski definition) is 0. The van der Waals surface area contributed by atoms with E-state index in [2.05, 4.69) is 134 Å². The number of nitrogens with zero attached hydrogens (tertiary/aromatic N) is 1. The number of para-hydroxylation sites is 1. The maximum absolute atomic E-state index is 2.48. The lowest BCUT2D eigenvalue weighted by Crippen LogP contribution is -2.15. The van der Waals surface area contributed by atoms with Crippen LogP contribution >= 0.6 is 11.3 Å². The van der Waals surface area contributed by atoms with Crippen LogP contribution in [0.5, 0.6) is 0 Å². The quantitative estimate of drug-likeness (QED) is 0.204. The van der Waals surface area contributed by atoms with E-state index >= 15 is 0 Å². The number of allylic oxidation sites excluding steroid dienone is 1. The van der Waals surface area contributed by atoms with Crippen molar-refractivity contribution in [3.05, 3.63) is 132 Å². The molecule has 5 aromatic carbocycles. The molecule has 41 heavy (non-hydrogen) atoms. The molecule has 7 aromatic rings. The highest BCUT2D eigenvalue weighted by atomic mass is 32.1. The summed E-state index contributed by atoms with van der Waals surface area (Å²) in [4.78, 5) is 0. The summed E-state index contributed by atoms with van der Waals surface area (Å²) >= 11 is 1.88. The van der Waals surface area contributed by atoms with Gasteiger partial charge in [-0.15, -0.1) is 11.3 Å². The topological polar surface area (TPSA) is 4.93 Å². The Labute approximate surface area is 244 Å². The minimum atomic E-state index is -0.0886. The third-order valence-corrected chi connectivity index (χ3v) is 10.6. The zero-order valence-electron chi connectivity index (χ0n) is 23.2. The third-order valence-electron chi connectivity index (χ3n) is 9.48. The van der Waals surface area contributed by atoms with Crippen LogP contribution in [0.4, 0.5) is 0 Å². The molecule has 0 spiro atoms. The van der Waals surface area contributed by atoms with Gasteiger partial charge in [0.05, 0.1) is 5.52 Å². The molecule has 2 heteroatoms. The van der Waals surface area contributed by atoms with Gasteiger partial charge in [0, 0.05) is 42.4 Å². The van der Waals surface area contributed by atoms with Gasteiger partial charge < -0.3 is 4.57 Å². The maximum Gasteiger partial charge on any atom is 0.0537 e. The minimum Gasteiger partial charge on any atom is -0.310 e. The summed E-state index contributed by atoms with van der Waals surface area (Å²) in [7, 11) is 0. The molecule has 2 aromatic heterocycles. The van der Waals surface area contributed by atoms with Crippen LogP contribution in [0.2, 0.25) is 0 Å². The van der Waals surface area contributed by atoms with E-state index in [0.717, 1.165) is 12.8 Å². The van der Waals surface area contributed by atoms with Gasteiger partial charge >= 0.3 is 0 Å². The lowest BCUT2D eigenvalue weighted by Gasteiger charge is -2.23. The summed E-state index contributed by atoms with van der Waals surface area (Å²) in [6, 6.07) is 38.9. The van der Waals surface area contributed by atoms with Crippen molar-refractivity contribution in [2.45, 2.75) is 32.1 Å². The average molecular weight is 544 g/mol. The van der Waals surface area contributed by atoms with E-state index in [4.69, 9.17) is 0 Å². The Hall–Kier alpha value is -4.40. The largest absolute Gasteiger partial charge is 0.310 e. The Balaban J connectivity index is 1.18. The molecule has 0 radical (unpaired) electrons. The second kappa shape index (κ2) is 8.31. The Morgan fingerprint density at radius 3 is 2.27 bits per heavy atom. The maximum atomic E-state index is 2.48. The van der Waals surface area contributed by atoms with Crippen LogP contribution in [0.15, 0.2) is 109 Å². The number of aromatic nitrogens is 1. The summed E-state index contributed by atoms with van der Waals surface area (Å²) in [5.74, 6) is 0. The highest BCUT2D eigenvalue weighted by molar-refractivity contribution is 7.25. The molecule has 0 atom stereocenters. The molecule has 0 bridgehead atoms. The van der Waals surface area contributed by atoms with Gasteiger partial charge in [0.25, 0.3) is 0 Å². The smallest absolute Gasteiger partial charge is 0.0537 e. The van der Waals surface area contributed by atoms with E-state index in [-0.39, 0.29) is 5.41 Å². The summed E-state index contributed by atoms with van der Waals surface area (Å²) in [5, 5.41) is 4.09. The molecule has 2 aliphatic rings. The summed E-state index contributed by atoms with van der Waals surface area (Å²) in [5.41, 5.74) is 13.4. The van der Waals surface area contributed by atoms with Gasteiger partial charge in [0.2, 0.25) is 0 Å². The van der Waals surface area contributed by atoms with Crippen LogP contribution in [0.3, 0.4) is 0 Å². The van der Waals surface area contributed by atoms with Crippen molar-refractivity contribution in [3.63, 3.8) is 0 Å². The van der Waals surface area contributed by atoms with E-state index in [1.54, 1.807) is 0 Å². The Morgan fingerprint density at radius 1 is 0.659 bits per heavy atom. The number of aryl methyl sites for hydroxylation is 1. The Bertz CT molecular complexity index is 2240. The average Bonchev–Trinajstić information content (AvgIpc) is 3.62. The lowest BCUT2D eigenvalue weighted by atomic mass is 9.81. The van der Waals surface area contributed by atoms with E-state index in [9.17, 15) is 0 Å². The number of rotatable bonds is 2. The van der Waals surface area contributed by atoms with Crippen LogP contribution in [0.25, 0.3) is 65.1 Å². The number of hydrogen-bond acceptors (Lipinski definition) is 1. The monoisotopic (exact) mass is 543 g/mol. The number of fused-ring (bicyclic) bond motifs is 9. The van der Waals surface area contributed by atoms with Crippen LogP contribution in [-0.2, 0) is 11.8 Å². The lowest BCUT2D eigenvalue weighted by molar-refractivity contribution is 0.660. The zero-order valence-corrected chi connectivity index (χ0v) is 24.1. The predicted octanol–water partition coefficient (Wildman–Crippen LogP) is 10.9. The van der Waals surface area contributed by atoms with Gasteiger partial charge in [-0.25, -0.2) is 0 Å². The first-order valence-electron chi connectivity index (χ1n) is 14.6. The van der Waals surface area contributed by atoms with E-state index in [1.807, 2.05) is 11.3 Å². The molecule has 0 N–H and O–H groups in total. The van der Waals surface area contributed by atoms with Gasteiger partial charge in [0.1, 0.15) is 0 Å². The first-order chi connectivity index (χ1) is 20.1. The van der Waals surface area contributed by atoms with Crippen molar-refractivity contribution in [1.29, 1.82) is 0 Å². The second-order valence-corrected chi connectivity index (χ2v) is 13.2. The Kier molecular flexibility index (Phi) is 4.73. The minimum absolute atomic E-state index is 0.0886. The standard InChI is InChI=1S/C39H29NS/c1-39(2)33-22-25(24-16-20-38-32(21-24)31-11-5-8-14-37(31)41-38)15-18-27(33)28-19-17-26(23-34(28)39)40-35-12-6-3-9-29(35)30-10-4-7-13-36(30)40/h3,5-9,11-23H,4,10H2,1-2H3. The molecule has 0 saturated carbocycles. The van der Waals surface area contributed by atoms with Gasteiger partial charge in [-0.2, -0.15) is 0 Å². The molecule has 0 unspecified atom stereocenters. The molecule has 2 aliphatic carbocycles. The zero-order chi connectivity index (χ0) is 27.3. The second-order valence-electron chi connectivity index (χ2n) is 12.1. The van der Waals surface area contributed by atoms with E-state index < -0.39 is 0 Å². The number of benzene rings is 5. The van der Waals surface area contributed by atoms with Crippen molar-refractivity contribution in [3.8, 4) is 27.9 Å². The van der Waals surface area contributed by atoms with Crippen molar-refractivity contribution in [2.75, 3.05) is 0 Å². The van der Waals surface area contributed by atoms with Crippen LogP contribution < -0.4 is 0 Å². The van der Waals surface area contributed by atoms with Gasteiger partial charge in [-0.3, -0.25) is 0 Å². The SMILES string of the molecule is CC1(C)c2cc(-c3ccc4sc5ccccc5c4c3)ccc2-c2ccc(-n3c4c(c5ccccc53)CCC=C4)cc21. The van der Waals surface area contributed by atoms with E-state index in [1.165, 1.54) is 81.4 Å². The molecule has 1 nitrogen and oxygen atoms in total. The fourth-order valence-electron chi connectivity index (χ4n) is 7.41. The highest BCUT2D eigenvalue weighted by Gasteiger charge is 2.36. The molecular weight excluding hydrogens is 515 g/mol. The Morgan fingerprint density at radius 2 is 1.37 bits per heavy atom. The van der Waals surface area contributed by atoms with Gasteiger partial charge in [0.15, 0.2) is 0 Å². The van der Waals surface area contributed by atoms with Crippen molar-refractivity contribution < 1.29 is 0 Å². The van der Waals surface area contributed by atoms with Crippen molar-refractivity contribution >= 4 is 48.5 Å². The predicted molar refractivity (Wildman–Crippen MR) is 177 cm³/mol. The van der Waals surface area contributed by atoms with Crippen LogP contribution in [0.1, 0.15) is 42.7 Å². The molecule has 0 fully saturated rings. The number of thiophene rings is 1. The van der Waals surface area contributed by atoms with E-state index in [0.29, 0.717) is 0 Å². The molecule has 9 rings (SSSR count). The molecule has 196 valence electrons. The molecule has 2 heterocycles. The first kappa shape index (κ1) is 23.3. The highest BCUT2D eigenvalue weighted by Crippen LogP contribution is 2.51. The van der Waals surface area contributed by atoms with Crippen molar-refractivity contribution in [1.82, 2.24) is 4.57 Å². The van der Waals surface area contributed by atoms with Crippen molar-refractivity contribution in [2.24, 2.45) is 0 Å². The van der Waals surface area contributed by atoms with Gasteiger partial charge in [-0.1, -0.05) is 80.6 Å². The normalized spacial score (nSPS) is 15.0. The van der Waals surface area contributed by atoms with Gasteiger partial charge in [-0.05, 0) is 100 Å². The first-order valence-corrected chi connectivity index (χ1v) is 15.4. The molecule has 0 aliphatic heterocycles. The fourth-order valence-corrected chi connectivity index (χ4v) is 8.50. The third kappa shape index (κ3) is 3.23. The summed E-state index contributed by atoms with van der Waals surface area (Å²) in [6.07, 6.45) is 6.87. The summed E-state index contributed by atoms with van der Waals surface area (Å²) in [6.45, 7) is 4.79. The molecule has 0 amide bonds. The fraction of sp³-hybridized carbons (Fsp3) is 0.128. The molecule has 0 saturated heterocycles. The molecular formula is C39H29NS. The summed E-state index contributed by atoms with van der Waals surface area (Å²) < 4.78 is 5.19. The van der Waals surface area contributed by atoms with Crippen LogP contribution in [-0.4, -0.2) is 4.57 Å².